The van der Waals surface area contributed by atoms with Gasteiger partial charge in [-0.2, -0.15) is 18.4 Å². The summed E-state index contributed by atoms with van der Waals surface area (Å²) >= 11 is 0. The highest BCUT2D eigenvalue weighted by Crippen LogP contribution is 2.34. The van der Waals surface area contributed by atoms with Crippen LogP contribution < -0.4 is 11.1 Å². The summed E-state index contributed by atoms with van der Waals surface area (Å²) in [5.41, 5.74) is 4.32. The minimum atomic E-state index is -4.47. The lowest BCUT2D eigenvalue weighted by molar-refractivity contribution is -0.137. The highest BCUT2D eigenvalue weighted by Gasteiger charge is 2.45. The number of amides is 1. The summed E-state index contributed by atoms with van der Waals surface area (Å²) in [5.74, 6) is -0.457. The number of nitrogens with two attached hydrogens (primary N) is 1. The molecule has 0 radical (unpaired) electrons. The number of nitrogens with zero attached hydrogens (tertiary/aromatic N) is 2. The van der Waals surface area contributed by atoms with Crippen molar-refractivity contribution in [3.63, 3.8) is 0 Å². The van der Waals surface area contributed by atoms with E-state index in [1.54, 1.807) is 0 Å². The summed E-state index contributed by atoms with van der Waals surface area (Å²) < 4.78 is 43.4. The van der Waals surface area contributed by atoms with Crippen molar-refractivity contribution >= 4 is 17.0 Å². The molecular formula is C15H13F3N4O2. The number of hydrogen-bond donors (Lipinski definition) is 2. The Balaban J connectivity index is 1.73. The molecule has 1 amide bonds. The van der Waals surface area contributed by atoms with Crippen molar-refractivity contribution in [2.75, 3.05) is 0 Å². The van der Waals surface area contributed by atoms with E-state index in [2.05, 4.69) is 10.3 Å². The van der Waals surface area contributed by atoms with Gasteiger partial charge in [-0.15, -0.1) is 0 Å². The maximum atomic E-state index is 12.7. The molecule has 126 valence electrons. The molecule has 1 heterocycles. The Morgan fingerprint density at radius 2 is 2.21 bits per heavy atom. The Morgan fingerprint density at radius 1 is 1.50 bits per heavy atom. The third-order valence-electron chi connectivity index (χ3n) is 3.82. The first-order valence-electron chi connectivity index (χ1n) is 7.18. The van der Waals surface area contributed by atoms with Crippen molar-refractivity contribution in [3.8, 4) is 6.07 Å². The first kappa shape index (κ1) is 16.3. The van der Waals surface area contributed by atoms with Gasteiger partial charge >= 0.3 is 6.18 Å². The highest BCUT2D eigenvalue weighted by molar-refractivity contribution is 5.83. The fourth-order valence-electron chi connectivity index (χ4n) is 2.24. The minimum absolute atomic E-state index is 0.0446. The molecule has 1 aromatic heterocycles. The number of carbonyl (C=O) groups excluding carboxylic acids is 1. The molecule has 1 fully saturated rings. The maximum Gasteiger partial charge on any atom is 0.416 e. The van der Waals surface area contributed by atoms with Crippen molar-refractivity contribution in [3.05, 3.63) is 29.7 Å². The van der Waals surface area contributed by atoms with E-state index < -0.39 is 29.2 Å². The van der Waals surface area contributed by atoms with E-state index in [-0.39, 0.29) is 23.4 Å². The third kappa shape index (κ3) is 3.19. The molecule has 1 atom stereocenters. The third-order valence-corrected chi connectivity index (χ3v) is 3.82. The zero-order chi connectivity index (χ0) is 17.5. The zero-order valence-corrected chi connectivity index (χ0v) is 12.4. The maximum absolute atomic E-state index is 12.7. The van der Waals surface area contributed by atoms with Crippen molar-refractivity contribution in [1.29, 1.82) is 5.26 Å². The van der Waals surface area contributed by atoms with Crippen LogP contribution in [0.1, 0.15) is 24.3 Å². The molecule has 0 aliphatic heterocycles. The van der Waals surface area contributed by atoms with Crippen LogP contribution in [0.15, 0.2) is 22.6 Å². The fourth-order valence-corrected chi connectivity index (χ4v) is 2.24. The van der Waals surface area contributed by atoms with Gasteiger partial charge in [0.15, 0.2) is 11.5 Å². The summed E-state index contributed by atoms with van der Waals surface area (Å²) in [5, 5.41) is 11.5. The number of carbonyl (C=O) groups is 1. The number of oxazole rings is 1. The predicted octanol–water partition coefficient (Wildman–Crippen LogP) is 1.89. The molecular weight excluding hydrogens is 325 g/mol. The molecule has 1 saturated carbocycles. The number of hydrogen-bond acceptors (Lipinski definition) is 5. The quantitative estimate of drug-likeness (QED) is 0.886. The summed E-state index contributed by atoms with van der Waals surface area (Å²) in [6.07, 6.45) is -3.40. The SMILES string of the molecule is N#CC1(NC(=O)[C@@H](N)Cc2nc3cc(C(F)(F)F)ccc3o2)CC1. The van der Waals surface area contributed by atoms with E-state index in [4.69, 9.17) is 15.4 Å². The van der Waals surface area contributed by atoms with E-state index in [1.807, 2.05) is 6.07 Å². The van der Waals surface area contributed by atoms with Crippen LogP contribution in [0, 0.1) is 11.3 Å². The number of benzene rings is 1. The van der Waals surface area contributed by atoms with Crippen molar-refractivity contribution < 1.29 is 22.4 Å². The number of fused-ring (bicyclic) bond motifs is 1. The summed E-state index contributed by atoms with van der Waals surface area (Å²) in [6.45, 7) is 0. The highest BCUT2D eigenvalue weighted by atomic mass is 19.4. The summed E-state index contributed by atoms with van der Waals surface area (Å²) in [7, 11) is 0. The molecule has 1 aliphatic carbocycles. The van der Waals surface area contributed by atoms with Crippen molar-refractivity contribution in [2.24, 2.45) is 5.73 Å². The number of rotatable bonds is 4. The Labute approximate surface area is 134 Å². The summed E-state index contributed by atoms with van der Waals surface area (Å²) in [4.78, 5) is 15.9. The van der Waals surface area contributed by atoms with Crippen LogP contribution in [0.3, 0.4) is 0 Å². The first-order chi connectivity index (χ1) is 11.2. The minimum Gasteiger partial charge on any atom is -0.441 e. The normalized spacial score (nSPS) is 17.3. The molecule has 3 rings (SSSR count). The molecule has 0 saturated heterocycles. The standard InChI is InChI=1S/C15H13F3N4O2/c16-15(17,18)8-1-2-11-10(5-8)21-12(24-11)6-9(20)13(23)22-14(7-19)3-4-14/h1-2,5,9H,3-4,6,20H2,(H,22,23)/t9-/m0/s1. The van der Waals surface area contributed by atoms with Crippen LogP contribution in [0.2, 0.25) is 0 Å². The molecule has 0 bridgehead atoms. The Hall–Kier alpha value is -2.60. The van der Waals surface area contributed by atoms with Gasteiger partial charge in [-0.3, -0.25) is 4.79 Å². The van der Waals surface area contributed by atoms with Crippen LogP contribution in [-0.4, -0.2) is 22.5 Å². The largest absolute Gasteiger partial charge is 0.441 e. The number of aromatic nitrogens is 1. The monoisotopic (exact) mass is 338 g/mol. The second-order valence-electron chi connectivity index (χ2n) is 5.78. The van der Waals surface area contributed by atoms with E-state index in [1.165, 1.54) is 6.07 Å². The molecule has 1 aromatic carbocycles. The summed E-state index contributed by atoms with van der Waals surface area (Å²) in [6, 6.07) is 3.95. The first-order valence-corrected chi connectivity index (χ1v) is 7.18. The van der Waals surface area contributed by atoms with Crippen LogP contribution in [0.25, 0.3) is 11.1 Å². The molecule has 1 aliphatic rings. The molecule has 6 nitrogen and oxygen atoms in total. The fraction of sp³-hybridized carbons (Fsp3) is 0.400. The van der Waals surface area contributed by atoms with Gasteiger partial charge < -0.3 is 15.5 Å². The molecule has 0 spiro atoms. The van der Waals surface area contributed by atoms with E-state index in [0.717, 1.165) is 12.1 Å². The van der Waals surface area contributed by atoms with Gasteiger partial charge in [-0.1, -0.05) is 0 Å². The van der Waals surface area contributed by atoms with Crippen LogP contribution in [-0.2, 0) is 17.4 Å². The van der Waals surface area contributed by atoms with Gasteiger partial charge in [0.1, 0.15) is 11.1 Å². The van der Waals surface area contributed by atoms with E-state index in [9.17, 15) is 18.0 Å². The number of nitrogens with one attached hydrogen (secondary N) is 1. The number of halogens is 3. The number of nitriles is 1. The lowest BCUT2D eigenvalue weighted by atomic mass is 10.2. The van der Waals surface area contributed by atoms with Gasteiger partial charge in [-0.05, 0) is 31.0 Å². The van der Waals surface area contributed by atoms with Crippen LogP contribution in [0.4, 0.5) is 13.2 Å². The smallest absolute Gasteiger partial charge is 0.416 e. The Bertz CT molecular complexity index is 833. The molecule has 9 heteroatoms. The van der Waals surface area contributed by atoms with E-state index in [0.29, 0.717) is 12.8 Å². The lowest BCUT2D eigenvalue weighted by Gasteiger charge is -2.13. The molecule has 3 N–H and O–H groups in total. The predicted molar refractivity (Wildman–Crippen MR) is 76.4 cm³/mol. The van der Waals surface area contributed by atoms with Gasteiger partial charge in [0.25, 0.3) is 0 Å². The Kier molecular flexibility index (Phi) is 3.72. The number of alkyl halides is 3. The molecule has 2 aromatic rings. The van der Waals surface area contributed by atoms with Crippen LogP contribution >= 0.6 is 0 Å². The van der Waals surface area contributed by atoms with Gasteiger partial charge in [0, 0.05) is 6.42 Å². The average Bonchev–Trinajstić information content (AvgIpc) is 3.16. The average molecular weight is 338 g/mol. The Morgan fingerprint density at radius 3 is 2.79 bits per heavy atom. The second-order valence-corrected chi connectivity index (χ2v) is 5.78. The topological polar surface area (TPSA) is 105 Å². The van der Waals surface area contributed by atoms with E-state index >= 15 is 0 Å². The van der Waals surface area contributed by atoms with Crippen molar-refractivity contribution in [2.45, 2.75) is 37.0 Å². The zero-order valence-electron chi connectivity index (χ0n) is 12.4. The molecule has 0 unspecified atom stereocenters. The molecule has 24 heavy (non-hydrogen) atoms. The van der Waals surface area contributed by atoms with Gasteiger partial charge in [0.05, 0.1) is 17.7 Å². The van der Waals surface area contributed by atoms with Crippen molar-refractivity contribution in [1.82, 2.24) is 10.3 Å². The van der Waals surface area contributed by atoms with Gasteiger partial charge in [0.2, 0.25) is 5.91 Å². The lowest BCUT2D eigenvalue weighted by Crippen LogP contribution is -2.47. The van der Waals surface area contributed by atoms with Gasteiger partial charge in [-0.25, -0.2) is 4.98 Å². The van der Waals surface area contributed by atoms with Crippen LogP contribution in [0.5, 0.6) is 0 Å². The second kappa shape index (κ2) is 5.49.